The van der Waals surface area contributed by atoms with Crippen molar-refractivity contribution in [1.29, 1.82) is 0 Å². The van der Waals surface area contributed by atoms with Crippen LogP contribution in [0.5, 0.6) is 0 Å². The van der Waals surface area contributed by atoms with E-state index < -0.39 is 16.0 Å². The van der Waals surface area contributed by atoms with Crippen molar-refractivity contribution < 1.29 is 17.9 Å². The van der Waals surface area contributed by atoms with Gasteiger partial charge in [-0.2, -0.15) is 4.72 Å². The number of sulfonamides is 1. The second-order valence-corrected chi connectivity index (χ2v) is 5.18. The highest BCUT2D eigenvalue weighted by Gasteiger charge is 2.14. The molecule has 0 bridgehead atoms. The van der Waals surface area contributed by atoms with Crippen LogP contribution < -0.4 is 4.72 Å². The smallest absolute Gasteiger partial charge is 0.320 e. The van der Waals surface area contributed by atoms with Gasteiger partial charge in [0.1, 0.15) is 6.54 Å². The van der Waals surface area contributed by atoms with Crippen molar-refractivity contribution in [1.82, 2.24) is 4.72 Å². The van der Waals surface area contributed by atoms with Gasteiger partial charge in [0.15, 0.2) is 0 Å². The first-order valence-corrected chi connectivity index (χ1v) is 6.24. The fourth-order valence-electron chi connectivity index (χ4n) is 0.935. The van der Waals surface area contributed by atoms with Crippen LogP contribution >= 0.6 is 12.6 Å². The first-order valence-electron chi connectivity index (χ1n) is 4.31. The van der Waals surface area contributed by atoms with Gasteiger partial charge in [-0.25, -0.2) is 8.42 Å². The molecule has 0 saturated carbocycles. The van der Waals surface area contributed by atoms with E-state index in [1.807, 2.05) is 0 Å². The summed E-state index contributed by atoms with van der Waals surface area (Å²) in [7, 11) is -2.48. The van der Waals surface area contributed by atoms with E-state index in [0.717, 1.165) is 0 Å². The molecule has 0 fully saturated rings. The summed E-state index contributed by atoms with van der Waals surface area (Å²) in [6, 6.07) is 5.91. The Labute approximate surface area is 99.3 Å². The molecule has 0 atom stereocenters. The first kappa shape index (κ1) is 13.0. The van der Waals surface area contributed by atoms with Crippen LogP contribution in [0.2, 0.25) is 0 Å². The van der Waals surface area contributed by atoms with Crippen LogP contribution in [0.25, 0.3) is 0 Å². The average molecular weight is 261 g/mol. The quantitative estimate of drug-likeness (QED) is 0.609. The van der Waals surface area contributed by atoms with Gasteiger partial charge in [-0.1, -0.05) is 0 Å². The molecule has 0 heterocycles. The zero-order valence-corrected chi connectivity index (χ0v) is 10.2. The molecule has 0 aliphatic heterocycles. The molecule has 0 aliphatic carbocycles. The molecule has 1 N–H and O–H groups in total. The third kappa shape index (κ3) is 3.51. The summed E-state index contributed by atoms with van der Waals surface area (Å²) in [5.41, 5.74) is 0. The Kier molecular flexibility index (Phi) is 4.34. The van der Waals surface area contributed by atoms with Crippen molar-refractivity contribution in [3.05, 3.63) is 24.3 Å². The zero-order chi connectivity index (χ0) is 12.2. The summed E-state index contributed by atoms with van der Waals surface area (Å²) >= 11 is 4.04. The topological polar surface area (TPSA) is 72.5 Å². The molecule has 5 nitrogen and oxygen atoms in total. The normalized spacial score (nSPS) is 11.1. The first-order chi connectivity index (χ1) is 7.45. The van der Waals surface area contributed by atoms with E-state index in [1.54, 1.807) is 12.1 Å². The van der Waals surface area contributed by atoms with Crippen LogP contribution in [0, 0.1) is 0 Å². The van der Waals surface area contributed by atoms with Gasteiger partial charge in [0, 0.05) is 4.90 Å². The van der Waals surface area contributed by atoms with E-state index in [1.165, 1.54) is 19.2 Å². The van der Waals surface area contributed by atoms with E-state index in [4.69, 9.17) is 0 Å². The van der Waals surface area contributed by atoms with Crippen molar-refractivity contribution in [3.63, 3.8) is 0 Å². The number of thiol groups is 1. The van der Waals surface area contributed by atoms with Gasteiger partial charge in [0.05, 0.1) is 12.0 Å². The Hall–Kier alpha value is -1.05. The van der Waals surface area contributed by atoms with E-state index in [-0.39, 0.29) is 11.4 Å². The van der Waals surface area contributed by atoms with Crippen LogP contribution in [0.15, 0.2) is 34.1 Å². The third-order valence-corrected chi connectivity index (χ3v) is 3.50. The second-order valence-electron chi connectivity index (χ2n) is 2.89. The highest BCUT2D eigenvalue weighted by molar-refractivity contribution is 7.89. The predicted molar refractivity (Wildman–Crippen MR) is 60.9 cm³/mol. The van der Waals surface area contributed by atoms with E-state index in [0.29, 0.717) is 4.90 Å². The summed E-state index contributed by atoms with van der Waals surface area (Å²) in [6.07, 6.45) is 0. The van der Waals surface area contributed by atoms with Gasteiger partial charge >= 0.3 is 5.97 Å². The van der Waals surface area contributed by atoms with Crippen LogP contribution in [0.1, 0.15) is 0 Å². The van der Waals surface area contributed by atoms with Crippen LogP contribution in [-0.2, 0) is 19.6 Å². The lowest BCUT2D eigenvalue weighted by Gasteiger charge is -2.05. The Morgan fingerprint density at radius 2 is 1.94 bits per heavy atom. The Morgan fingerprint density at radius 3 is 2.44 bits per heavy atom. The highest BCUT2D eigenvalue weighted by Crippen LogP contribution is 2.12. The maximum absolute atomic E-state index is 11.6. The molecule has 0 saturated heterocycles. The second kappa shape index (κ2) is 5.33. The lowest BCUT2D eigenvalue weighted by Crippen LogP contribution is -2.30. The van der Waals surface area contributed by atoms with Crippen molar-refractivity contribution in [2.75, 3.05) is 13.7 Å². The number of carbonyl (C=O) groups is 1. The molecule has 0 aliphatic rings. The number of methoxy groups -OCH3 is 1. The number of ether oxygens (including phenoxy) is 1. The number of nitrogens with one attached hydrogen (secondary N) is 1. The zero-order valence-electron chi connectivity index (χ0n) is 8.50. The van der Waals surface area contributed by atoms with Crippen LogP contribution in [0.4, 0.5) is 0 Å². The molecule has 0 unspecified atom stereocenters. The third-order valence-electron chi connectivity index (χ3n) is 1.78. The van der Waals surface area contributed by atoms with Crippen LogP contribution in [0.3, 0.4) is 0 Å². The van der Waals surface area contributed by atoms with Gasteiger partial charge in [-0.15, -0.1) is 12.6 Å². The molecule has 16 heavy (non-hydrogen) atoms. The minimum Gasteiger partial charge on any atom is -0.468 e. The lowest BCUT2D eigenvalue weighted by molar-refractivity contribution is -0.139. The fraction of sp³-hybridized carbons (Fsp3) is 0.222. The molecule has 0 spiro atoms. The SMILES string of the molecule is COC(=O)CNS(=O)(=O)c1ccc(S)cc1. The number of carbonyl (C=O) groups excluding carboxylic acids is 1. The molecule has 1 aromatic rings. The minimum atomic E-state index is -3.67. The highest BCUT2D eigenvalue weighted by atomic mass is 32.2. The number of esters is 1. The van der Waals surface area contributed by atoms with Gasteiger partial charge in [-0.3, -0.25) is 4.79 Å². The summed E-state index contributed by atoms with van der Waals surface area (Å²) in [5.74, 6) is -0.644. The number of benzene rings is 1. The standard InChI is InChI=1S/C9H11NO4S2/c1-14-9(11)6-10-16(12,13)8-4-2-7(15)3-5-8/h2-5,10,15H,6H2,1H3. The van der Waals surface area contributed by atoms with E-state index >= 15 is 0 Å². The Balaban J connectivity index is 2.78. The van der Waals surface area contributed by atoms with Crippen molar-refractivity contribution in [3.8, 4) is 0 Å². The maximum atomic E-state index is 11.6. The van der Waals surface area contributed by atoms with Crippen molar-refractivity contribution >= 4 is 28.6 Å². The van der Waals surface area contributed by atoms with Crippen LogP contribution in [-0.4, -0.2) is 28.0 Å². The molecule has 7 heteroatoms. The fourth-order valence-corrected chi connectivity index (χ4v) is 2.05. The van der Waals surface area contributed by atoms with E-state index in [9.17, 15) is 13.2 Å². The van der Waals surface area contributed by atoms with Gasteiger partial charge in [0.2, 0.25) is 10.0 Å². The molecule has 88 valence electrons. The summed E-state index contributed by atoms with van der Waals surface area (Å²) in [4.78, 5) is 11.5. The van der Waals surface area contributed by atoms with Gasteiger partial charge in [0.25, 0.3) is 0 Å². The van der Waals surface area contributed by atoms with Gasteiger partial charge < -0.3 is 4.74 Å². The largest absolute Gasteiger partial charge is 0.468 e. The molecule has 1 rings (SSSR count). The monoisotopic (exact) mass is 261 g/mol. The van der Waals surface area contributed by atoms with Crippen molar-refractivity contribution in [2.24, 2.45) is 0 Å². The Bertz CT molecular complexity index is 467. The number of rotatable bonds is 4. The molecule has 1 aromatic carbocycles. The maximum Gasteiger partial charge on any atom is 0.320 e. The van der Waals surface area contributed by atoms with Gasteiger partial charge in [-0.05, 0) is 24.3 Å². The molecule has 0 radical (unpaired) electrons. The minimum absolute atomic E-state index is 0.0780. The van der Waals surface area contributed by atoms with E-state index in [2.05, 4.69) is 22.1 Å². The predicted octanol–water partition coefficient (Wildman–Crippen LogP) is 0.427. The molecular weight excluding hydrogens is 250 g/mol. The lowest BCUT2D eigenvalue weighted by atomic mass is 10.4. The molecule has 0 aromatic heterocycles. The summed E-state index contributed by atoms with van der Waals surface area (Å²) < 4.78 is 29.7. The number of hydrogen-bond acceptors (Lipinski definition) is 5. The average Bonchev–Trinajstić information content (AvgIpc) is 2.26. The molecule has 0 amide bonds. The number of hydrogen-bond donors (Lipinski definition) is 2. The van der Waals surface area contributed by atoms with Crippen molar-refractivity contribution in [2.45, 2.75) is 9.79 Å². The summed E-state index contributed by atoms with van der Waals surface area (Å²) in [6.45, 7) is -0.387. The summed E-state index contributed by atoms with van der Waals surface area (Å²) in [5, 5.41) is 0. The molecular formula is C9H11NO4S2. The Morgan fingerprint density at radius 1 is 1.38 bits per heavy atom.